The van der Waals surface area contributed by atoms with E-state index in [-0.39, 0.29) is 0 Å². The van der Waals surface area contributed by atoms with E-state index >= 15 is 0 Å². The molecule has 3 aromatic rings. The number of nitrogens with zero attached hydrogens (tertiary/aromatic N) is 4. The lowest BCUT2D eigenvalue weighted by Gasteiger charge is -2.09. The molecule has 19 heavy (non-hydrogen) atoms. The molecule has 1 aromatic carbocycles. The predicted octanol–water partition coefficient (Wildman–Crippen LogP) is 3.33. The van der Waals surface area contributed by atoms with Crippen LogP contribution in [-0.2, 0) is 5.33 Å². The van der Waals surface area contributed by atoms with Crippen molar-refractivity contribution < 1.29 is 0 Å². The Hall–Kier alpha value is -1.75. The van der Waals surface area contributed by atoms with Crippen molar-refractivity contribution >= 4 is 26.8 Å². The molecule has 0 spiro atoms. The topological polar surface area (TPSA) is 43.6 Å². The maximum Gasteiger partial charge on any atom is 0.160 e. The monoisotopic (exact) mass is 316 g/mol. The lowest BCUT2D eigenvalue weighted by molar-refractivity contribution is 0.800. The Labute approximate surface area is 119 Å². The molecule has 0 aliphatic heterocycles. The fraction of sp³-hybridized carbons (Fsp3) is 0.214. The van der Waals surface area contributed by atoms with Crippen LogP contribution in [0.1, 0.15) is 17.2 Å². The average molecular weight is 317 g/mol. The van der Waals surface area contributed by atoms with Crippen molar-refractivity contribution in [3.05, 3.63) is 47.5 Å². The van der Waals surface area contributed by atoms with Gasteiger partial charge in [0.15, 0.2) is 5.82 Å². The summed E-state index contributed by atoms with van der Waals surface area (Å²) >= 11 is 3.52. The molecule has 0 saturated heterocycles. The number of hydrogen-bond acceptors (Lipinski definition) is 3. The Balaban J connectivity index is 2.30. The van der Waals surface area contributed by atoms with Crippen molar-refractivity contribution in [3.63, 3.8) is 0 Å². The summed E-state index contributed by atoms with van der Waals surface area (Å²) in [6, 6.07) is 10.2. The molecule has 0 N–H and O–H groups in total. The number of benzene rings is 1. The van der Waals surface area contributed by atoms with E-state index in [4.69, 9.17) is 4.98 Å². The highest BCUT2D eigenvalue weighted by Gasteiger charge is 2.12. The molecule has 2 heterocycles. The van der Waals surface area contributed by atoms with Gasteiger partial charge in [-0.3, -0.25) is 0 Å². The summed E-state index contributed by atoms with van der Waals surface area (Å²) in [7, 11) is 0. The summed E-state index contributed by atoms with van der Waals surface area (Å²) in [5.41, 5.74) is 2.07. The molecule has 0 radical (unpaired) electrons. The van der Waals surface area contributed by atoms with E-state index < -0.39 is 0 Å². The minimum atomic E-state index is 0.735. The van der Waals surface area contributed by atoms with Gasteiger partial charge in [-0.1, -0.05) is 34.1 Å². The average Bonchev–Trinajstić information content (AvgIpc) is 2.76. The van der Waals surface area contributed by atoms with Crippen LogP contribution in [0.15, 0.2) is 30.3 Å². The first kappa shape index (κ1) is 12.3. The zero-order valence-corrected chi connectivity index (χ0v) is 12.3. The van der Waals surface area contributed by atoms with Crippen LogP contribution in [0.2, 0.25) is 0 Å². The minimum absolute atomic E-state index is 0.735. The molecule has 4 nitrogen and oxygen atoms in total. The van der Waals surface area contributed by atoms with Gasteiger partial charge in [0.2, 0.25) is 0 Å². The molecule has 96 valence electrons. The largest absolute Gasteiger partial charge is 0.228 e. The Kier molecular flexibility index (Phi) is 3.06. The molecule has 3 rings (SSSR count). The summed E-state index contributed by atoms with van der Waals surface area (Å²) in [5.74, 6) is 2.45. The number of aromatic nitrogens is 4. The number of alkyl halides is 1. The van der Waals surface area contributed by atoms with Gasteiger partial charge in [0.25, 0.3) is 0 Å². The number of pyridine rings is 1. The van der Waals surface area contributed by atoms with Gasteiger partial charge in [0, 0.05) is 16.3 Å². The third-order valence-corrected chi connectivity index (χ3v) is 3.60. The van der Waals surface area contributed by atoms with Gasteiger partial charge in [0.05, 0.1) is 5.52 Å². The Morgan fingerprint density at radius 3 is 2.63 bits per heavy atom. The summed E-state index contributed by atoms with van der Waals surface area (Å²) in [6.45, 7) is 3.83. The maximum absolute atomic E-state index is 4.72. The van der Waals surface area contributed by atoms with Crippen LogP contribution in [-0.4, -0.2) is 19.7 Å². The second-order valence-corrected chi connectivity index (χ2v) is 4.98. The van der Waals surface area contributed by atoms with Crippen molar-refractivity contribution in [2.75, 3.05) is 0 Å². The Morgan fingerprint density at radius 2 is 1.95 bits per heavy atom. The second-order valence-electron chi connectivity index (χ2n) is 4.42. The second kappa shape index (κ2) is 4.74. The van der Waals surface area contributed by atoms with Crippen LogP contribution in [0.5, 0.6) is 0 Å². The fourth-order valence-electron chi connectivity index (χ4n) is 2.15. The first-order valence-electron chi connectivity index (χ1n) is 6.04. The maximum atomic E-state index is 4.72. The molecule has 0 atom stereocenters. The molecule has 0 bridgehead atoms. The highest BCUT2D eigenvalue weighted by Crippen LogP contribution is 2.22. The zero-order valence-electron chi connectivity index (χ0n) is 10.8. The van der Waals surface area contributed by atoms with E-state index in [1.807, 2.05) is 32.0 Å². The van der Waals surface area contributed by atoms with Crippen LogP contribution in [0.25, 0.3) is 16.7 Å². The number of fused-ring (bicyclic) bond motifs is 1. The number of para-hydroxylation sites is 1. The summed E-state index contributed by atoms with van der Waals surface area (Å²) < 4.78 is 1.80. The molecule has 0 amide bonds. The van der Waals surface area contributed by atoms with Crippen LogP contribution in [0.3, 0.4) is 0 Å². The SMILES string of the molecule is Cc1nc(C)n(-c2nc3ccccc3cc2CBr)n1. The highest BCUT2D eigenvalue weighted by atomic mass is 79.9. The van der Waals surface area contributed by atoms with Gasteiger partial charge in [-0.25, -0.2) is 9.97 Å². The van der Waals surface area contributed by atoms with Crippen molar-refractivity contribution in [2.45, 2.75) is 19.2 Å². The van der Waals surface area contributed by atoms with Gasteiger partial charge < -0.3 is 0 Å². The van der Waals surface area contributed by atoms with Gasteiger partial charge in [0.1, 0.15) is 11.6 Å². The first-order chi connectivity index (χ1) is 9.19. The third kappa shape index (κ3) is 2.14. The highest BCUT2D eigenvalue weighted by molar-refractivity contribution is 9.08. The van der Waals surface area contributed by atoms with E-state index in [0.717, 1.165) is 39.3 Å². The lowest BCUT2D eigenvalue weighted by atomic mass is 10.1. The van der Waals surface area contributed by atoms with Crippen molar-refractivity contribution in [1.29, 1.82) is 0 Å². The molecule has 0 saturated carbocycles. The van der Waals surface area contributed by atoms with Crippen molar-refractivity contribution in [1.82, 2.24) is 19.7 Å². The Morgan fingerprint density at radius 1 is 1.16 bits per heavy atom. The van der Waals surface area contributed by atoms with Gasteiger partial charge in [-0.15, -0.1) is 5.10 Å². The fourth-order valence-corrected chi connectivity index (χ4v) is 2.57. The van der Waals surface area contributed by atoms with Gasteiger partial charge in [-0.2, -0.15) is 4.68 Å². The van der Waals surface area contributed by atoms with Crippen molar-refractivity contribution in [2.24, 2.45) is 0 Å². The Bertz CT molecular complexity index is 748. The molecule has 0 fully saturated rings. The summed E-state index contributed by atoms with van der Waals surface area (Å²) in [6.07, 6.45) is 0. The van der Waals surface area contributed by atoms with Crippen LogP contribution in [0.4, 0.5) is 0 Å². The van der Waals surface area contributed by atoms with E-state index in [1.54, 1.807) is 4.68 Å². The normalized spacial score (nSPS) is 11.1. The van der Waals surface area contributed by atoms with E-state index in [0.29, 0.717) is 0 Å². The van der Waals surface area contributed by atoms with Crippen LogP contribution in [0, 0.1) is 13.8 Å². The third-order valence-electron chi connectivity index (χ3n) is 3.00. The number of halogens is 1. The molecule has 5 heteroatoms. The zero-order chi connectivity index (χ0) is 13.4. The van der Waals surface area contributed by atoms with E-state index in [2.05, 4.69) is 38.1 Å². The standard InChI is InChI=1S/C14H13BrN4/c1-9-16-10(2)19(18-9)14-12(8-15)7-11-5-3-4-6-13(11)17-14/h3-7H,8H2,1-2H3. The van der Waals surface area contributed by atoms with E-state index in [9.17, 15) is 0 Å². The molecule has 0 unspecified atom stereocenters. The lowest BCUT2D eigenvalue weighted by Crippen LogP contribution is -2.06. The van der Waals surface area contributed by atoms with Crippen molar-refractivity contribution in [3.8, 4) is 5.82 Å². The molecule has 2 aromatic heterocycles. The van der Waals surface area contributed by atoms with Crippen LogP contribution >= 0.6 is 15.9 Å². The molecular weight excluding hydrogens is 304 g/mol. The first-order valence-corrected chi connectivity index (χ1v) is 7.16. The predicted molar refractivity (Wildman–Crippen MR) is 78.8 cm³/mol. The smallest absolute Gasteiger partial charge is 0.160 e. The van der Waals surface area contributed by atoms with E-state index in [1.165, 1.54) is 0 Å². The number of rotatable bonds is 2. The quantitative estimate of drug-likeness (QED) is 0.681. The van der Waals surface area contributed by atoms with Gasteiger partial charge >= 0.3 is 0 Å². The minimum Gasteiger partial charge on any atom is -0.228 e. The summed E-state index contributed by atoms with van der Waals surface area (Å²) in [5, 5.41) is 6.29. The molecule has 0 aliphatic carbocycles. The number of aryl methyl sites for hydroxylation is 2. The van der Waals surface area contributed by atoms with Gasteiger partial charge in [-0.05, 0) is 26.0 Å². The molecular formula is C14H13BrN4. The summed E-state index contributed by atoms with van der Waals surface area (Å²) in [4.78, 5) is 9.06. The molecule has 0 aliphatic rings. The number of hydrogen-bond donors (Lipinski definition) is 0. The van der Waals surface area contributed by atoms with Crippen LogP contribution < -0.4 is 0 Å².